The van der Waals surface area contributed by atoms with Crippen LogP contribution < -0.4 is 10.1 Å². The molecular formula is C18H21BrN2O2. The van der Waals surface area contributed by atoms with Gasteiger partial charge in [-0.2, -0.15) is 0 Å². The van der Waals surface area contributed by atoms with Gasteiger partial charge < -0.3 is 10.1 Å². The van der Waals surface area contributed by atoms with E-state index in [2.05, 4.69) is 39.1 Å². The molecule has 23 heavy (non-hydrogen) atoms. The Kier molecular flexibility index (Phi) is 6.62. The third-order valence-electron chi connectivity index (χ3n) is 3.52. The zero-order valence-corrected chi connectivity index (χ0v) is 15.0. The van der Waals surface area contributed by atoms with Crippen molar-refractivity contribution in [3.8, 4) is 5.75 Å². The molecule has 0 aliphatic rings. The van der Waals surface area contributed by atoms with E-state index in [4.69, 9.17) is 4.74 Å². The fourth-order valence-electron chi connectivity index (χ4n) is 2.25. The highest BCUT2D eigenvalue weighted by Gasteiger charge is 2.11. The first-order valence-corrected chi connectivity index (χ1v) is 8.31. The largest absolute Gasteiger partial charge is 0.497 e. The zero-order chi connectivity index (χ0) is 16.7. The second-order valence-electron chi connectivity index (χ2n) is 5.17. The van der Waals surface area contributed by atoms with E-state index >= 15 is 0 Å². The van der Waals surface area contributed by atoms with Crippen LogP contribution in [0.4, 0.5) is 5.69 Å². The van der Waals surface area contributed by atoms with E-state index in [1.807, 2.05) is 42.5 Å². The minimum atomic E-state index is -0.0350. The minimum Gasteiger partial charge on any atom is -0.497 e. The van der Waals surface area contributed by atoms with Crippen LogP contribution in [-0.4, -0.2) is 31.0 Å². The lowest BCUT2D eigenvalue weighted by Crippen LogP contribution is -2.32. The molecule has 0 radical (unpaired) electrons. The molecule has 0 atom stereocenters. The molecule has 0 heterocycles. The lowest BCUT2D eigenvalue weighted by Gasteiger charge is -2.20. The number of methoxy groups -OCH3 is 1. The van der Waals surface area contributed by atoms with Crippen LogP contribution in [0.5, 0.6) is 5.75 Å². The second-order valence-corrected chi connectivity index (χ2v) is 6.03. The normalized spacial score (nSPS) is 10.6. The van der Waals surface area contributed by atoms with Crippen LogP contribution in [0, 0.1) is 0 Å². The van der Waals surface area contributed by atoms with Crippen molar-refractivity contribution in [3.05, 3.63) is 58.6 Å². The van der Waals surface area contributed by atoms with Gasteiger partial charge in [0.1, 0.15) is 5.75 Å². The third-order valence-corrected chi connectivity index (χ3v) is 4.29. The molecular weight excluding hydrogens is 356 g/mol. The highest BCUT2D eigenvalue weighted by molar-refractivity contribution is 9.10. The first-order valence-electron chi connectivity index (χ1n) is 7.52. The van der Waals surface area contributed by atoms with E-state index in [0.717, 1.165) is 29.0 Å². The van der Waals surface area contributed by atoms with Gasteiger partial charge in [0.25, 0.3) is 0 Å². The van der Waals surface area contributed by atoms with Gasteiger partial charge in [-0.25, -0.2) is 0 Å². The quantitative estimate of drug-likeness (QED) is 0.795. The topological polar surface area (TPSA) is 41.6 Å². The summed E-state index contributed by atoms with van der Waals surface area (Å²) in [6.07, 6.45) is 0. The number of carbonyl (C=O) groups excluding carboxylic acids is 1. The molecule has 2 aromatic rings. The molecule has 5 heteroatoms. The van der Waals surface area contributed by atoms with Crippen molar-refractivity contribution in [3.63, 3.8) is 0 Å². The summed E-state index contributed by atoms with van der Waals surface area (Å²) in [5, 5.41) is 2.91. The first-order chi connectivity index (χ1) is 11.1. The molecule has 0 aliphatic heterocycles. The average molecular weight is 377 g/mol. The van der Waals surface area contributed by atoms with Crippen molar-refractivity contribution in [1.82, 2.24) is 4.90 Å². The second kappa shape index (κ2) is 8.70. The van der Waals surface area contributed by atoms with Crippen molar-refractivity contribution in [1.29, 1.82) is 0 Å². The van der Waals surface area contributed by atoms with Crippen LogP contribution in [0.3, 0.4) is 0 Å². The standard InChI is InChI=1S/C18H21BrN2O2/c1-3-21(12-14-7-4-5-10-17(14)19)13-18(22)20-15-8-6-9-16(11-15)23-2/h4-11H,3,12-13H2,1-2H3,(H,20,22). The summed E-state index contributed by atoms with van der Waals surface area (Å²) in [4.78, 5) is 14.3. The molecule has 0 aromatic heterocycles. The van der Waals surface area contributed by atoms with Gasteiger partial charge in [-0.15, -0.1) is 0 Å². The Bertz CT molecular complexity index is 661. The van der Waals surface area contributed by atoms with E-state index in [9.17, 15) is 4.79 Å². The number of carbonyl (C=O) groups is 1. The predicted molar refractivity (Wildman–Crippen MR) is 96.7 cm³/mol. The van der Waals surface area contributed by atoms with Gasteiger partial charge in [-0.05, 0) is 30.3 Å². The molecule has 1 amide bonds. The average Bonchev–Trinajstić information content (AvgIpc) is 2.56. The summed E-state index contributed by atoms with van der Waals surface area (Å²) in [6.45, 7) is 3.92. The molecule has 2 aromatic carbocycles. The van der Waals surface area contributed by atoms with Gasteiger partial charge in [0.05, 0.1) is 13.7 Å². The van der Waals surface area contributed by atoms with E-state index in [-0.39, 0.29) is 5.91 Å². The van der Waals surface area contributed by atoms with Crippen LogP contribution in [-0.2, 0) is 11.3 Å². The van der Waals surface area contributed by atoms with Gasteiger partial charge in [0.2, 0.25) is 5.91 Å². The molecule has 2 rings (SSSR count). The number of anilines is 1. The van der Waals surface area contributed by atoms with Crippen molar-refractivity contribution >= 4 is 27.5 Å². The SMILES string of the molecule is CCN(CC(=O)Nc1cccc(OC)c1)Cc1ccccc1Br. The number of amides is 1. The summed E-state index contributed by atoms with van der Waals surface area (Å²) in [5.41, 5.74) is 1.91. The Morgan fingerprint density at radius 1 is 1.22 bits per heavy atom. The van der Waals surface area contributed by atoms with Gasteiger partial charge >= 0.3 is 0 Å². The highest BCUT2D eigenvalue weighted by Crippen LogP contribution is 2.18. The van der Waals surface area contributed by atoms with Crippen LogP contribution in [0.1, 0.15) is 12.5 Å². The Morgan fingerprint density at radius 2 is 2.00 bits per heavy atom. The predicted octanol–water partition coefficient (Wildman–Crippen LogP) is 3.92. The zero-order valence-electron chi connectivity index (χ0n) is 13.4. The number of ether oxygens (including phenoxy) is 1. The number of rotatable bonds is 7. The fourth-order valence-corrected chi connectivity index (χ4v) is 2.66. The van der Waals surface area contributed by atoms with Gasteiger partial charge in [-0.1, -0.05) is 47.1 Å². The van der Waals surface area contributed by atoms with Crippen molar-refractivity contribution in [2.24, 2.45) is 0 Å². The first kappa shape index (κ1) is 17.5. The van der Waals surface area contributed by atoms with Crippen LogP contribution in [0.15, 0.2) is 53.0 Å². The number of nitrogens with zero attached hydrogens (tertiary/aromatic N) is 1. The van der Waals surface area contributed by atoms with E-state index < -0.39 is 0 Å². The molecule has 0 aliphatic carbocycles. The lowest BCUT2D eigenvalue weighted by molar-refractivity contribution is -0.117. The van der Waals surface area contributed by atoms with Crippen LogP contribution in [0.2, 0.25) is 0 Å². The number of likely N-dealkylation sites (N-methyl/N-ethyl adjacent to an activating group) is 1. The summed E-state index contributed by atoms with van der Waals surface area (Å²) in [7, 11) is 1.61. The Labute approximate surface area is 145 Å². The summed E-state index contributed by atoms with van der Waals surface area (Å²) >= 11 is 3.55. The van der Waals surface area contributed by atoms with E-state index in [0.29, 0.717) is 6.54 Å². The van der Waals surface area contributed by atoms with Gasteiger partial charge in [-0.3, -0.25) is 9.69 Å². The summed E-state index contributed by atoms with van der Waals surface area (Å²) < 4.78 is 6.23. The van der Waals surface area contributed by atoms with Crippen LogP contribution in [0.25, 0.3) is 0 Å². The molecule has 0 bridgehead atoms. The lowest BCUT2D eigenvalue weighted by atomic mass is 10.2. The monoisotopic (exact) mass is 376 g/mol. The number of hydrogen-bond acceptors (Lipinski definition) is 3. The Hall–Kier alpha value is -1.85. The minimum absolute atomic E-state index is 0.0350. The van der Waals surface area contributed by atoms with Crippen molar-refractivity contribution in [2.75, 3.05) is 25.5 Å². The van der Waals surface area contributed by atoms with Crippen molar-refractivity contribution < 1.29 is 9.53 Å². The van der Waals surface area contributed by atoms with E-state index in [1.54, 1.807) is 7.11 Å². The Morgan fingerprint density at radius 3 is 2.70 bits per heavy atom. The third kappa shape index (κ3) is 5.37. The maximum absolute atomic E-state index is 12.3. The molecule has 0 fully saturated rings. The maximum Gasteiger partial charge on any atom is 0.238 e. The highest BCUT2D eigenvalue weighted by atomic mass is 79.9. The molecule has 1 N–H and O–H groups in total. The molecule has 0 saturated heterocycles. The Balaban J connectivity index is 1.95. The van der Waals surface area contributed by atoms with Crippen molar-refractivity contribution in [2.45, 2.75) is 13.5 Å². The van der Waals surface area contributed by atoms with Gasteiger partial charge in [0, 0.05) is 22.8 Å². The molecule has 0 spiro atoms. The van der Waals surface area contributed by atoms with Crippen LogP contribution >= 0.6 is 15.9 Å². The number of hydrogen-bond donors (Lipinski definition) is 1. The molecule has 122 valence electrons. The number of halogens is 1. The number of benzene rings is 2. The number of nitrogens with one attached hydrogen (secondary N) is 1. The smallest absolute Gasteiger partial charge is 0.238 e. The maximum atomic E-state index is 12.3. The molecule has 0 unspecified atom stereocenters. The van der Waals surface area contributed by atoms with E-state index in [1.165, 1.54) is 5.56 Å². The molecule has 4 nitrogen and oxygen atoms in total. The summed E-state index contributed by atoms with van der Waals surface area (Å²) in [6, 6.07) is 15.4. The van der Waals surface area contributed by atoms with Gasteiger partial charge in [0.15, 0.2) is 0 Å². The molecule has 0 saturated carbocycles. The summed E-state index contributed by atoms with van der Waals surface area (Å²) in [5.74, 6) is 0.690. The fraction of sp³-hybridized carbons (Fsp3) is 0.278.